The molecule has 228 valence electrons. The number of carbonyl (C=O) groups excluding carboxylic acids is 3. The lowest BCUT2D eigenvalue weighted by molar-refractivity contribution is 0.0369. The number of morpholine rings is 1. The third-order valence-electron chi connectivity index (χ3n) is 6.55. The largest absolute Gasteiger partial charge is 0.444 e. The van der Waals surface area contributed by atoms with Crippen LogP contribution in [0.5, 0.6) is 0 Å². The summed E-state index contributed by atoms with van der Waals surface area (Å²) in [4.78, 5) is 48.9. The number of aromatic nitrogens is 2. The topological polar surface area (TPSA) is 147 Å². The molecule has 4 N–H and O–H groups in total. The molecule has 0 bridgehead atoms. The maximum Gasteiger partial charge on any atom is 0.412 e. The molecule has 0 aliphatic carbocycles. The Labute approximate surface area is 251 Å². The first-order chi connectivity index (χ1) is 20.7. The number of nitrogens with zero attached hydrogens (tertiary/aromatic N) is 3. The maximum atomic E-state index is 13.1. The summed E-state index contributed by atoms with van der Waals surface area (Å²) in [5.41, 5.74) is 1.72. The van der Waals surface area contributed by atoms with Gasteiger partial charge in [0.05, 0.1) is 30.6 Å². The van der Waals surface area contributed by atoms with Crippen molar-refractivity contribution >= 4 is 35.1 Å². The van der Waals surface area contributed by atoms with Crippen molar-refractivity contribution in [2.45, 2.75) is 45.3 Å². The van der Waals surface area contributed by atoms with Crippen molar-refractivity contribution in [2.75, 3.05) is 48.8 Å². The summed E-state index contributed by atoms with van der Waals surface area (Å²) in [6.07, 6.45) is 5.72. The molecule has 12 nitrogen and oxygen atoms in total. The minimum absolute atomic E-state index is 0.184. The molecule has 1 atom stereocenters. The minimum Gasteiger partial charge on any atom is -0.444 e. The molecule has 1 unspecified atom stereocenters. The van der Waals surface area contributed by atoms with Gasteiger partial charge in [-0.05, 0) is 76.1 Å². The van der Waals surface area contributed by atoms with Crippen molar-refractivity contribution in [3.8, 4) is 0 Å². The van der Waals surface area contributed by atoms with Crippen LogP contribution in [0.4, 0.5) is 26.7 Å². The van der Waals surface area contributed by atoms with Crippen LogP contribution in [0.1, 0.15) is 55.7 Å². The fourth-order valence-corrected chi connectivity index (χ4v) is 4.47. The van der Waals surface area contributed by atoms with E-state index < -0.39 is 17.6 Å². The number of carbonyl (C=O) groups is 3. The van der Waals surface area contributed by atoms with Crippen molar-refractivity contribution in [3.05, 3.63) is 78.4 Å². The van der Waals surface area contributed by atoms with Gasteiger partial charge in [-0.2, -0.15) is 0 Å². The van der Waals surface area contributed by atoms with Crippen LogP contribution in [0.2, 0.25) is 0 Å². The molecule has 43 heavy (non-hydrogen) atoms. The van der Waals surface area contributed by atoms with Gasteiger partial charge in [-0.3, -0.25) is 25.0 Å². The Kier molecular flexibility index (Phi) is 11.0. The zero-order valence-electron chi connectivity index (χ0n) is 24.8. The van der Waals surface area contributed by atoms with Gasteiger partial charge in [0, 0.05) is 37.4 Å². The van der Waals surface area contributed by atoms with Gasteiger partial charge in [0.2, 0.25) is 0 Å². The molecule has 1 saturated heterocycles. The van der Waals surface area contributed by atoms with E-state index >= 15 is 0 Å². The Balaban J connectivity index is 1.42. The lowest BCUT2D eigenvalue weighted by Crippen LogP contribution is -2.37. The summed E-state index contributed by atoms with van der Waals surface area (Å²) in [5, 5.41) is 11.3. The highest BCUT2D eigenvalue weighted by Crippen LogP contribution is 2.24. The highest BCUT2D eigenvalue weighted by molar-refractivity contribution is 6.05. The smallest absolute Gasteiger partial charge is 0.412 e. The van der Waals surface area contributed by atoms with Crippen molar-refractivity contribution in [2.24, 2.45) is 0 Å². The molecule has 0 spiro atoms. The standard InChI is InChI=1S/C31H39N7O5/c1-31(2,3)43-30(41)37-26-8-5-4-7-25(26)35-28(39)27-11-10-22(21-33-27)24(9-6-16-38-17-19-42-20-18-38)36-29(40)34-23-12-14-32-15-13-23/h4-5,7-8,10-15,21,24H,6,9,16-20H2,1-3H3,(H,35,39)(H,37,41)(H2,32,34,36,40). The number of anilines is 3. The van der Waals surface area contributed by atoms with Crippen LogP contribution >= 0.6 is 0 Å². The molecule has 4 rings (SSSR count). The summed E-state index contributed by atoms with van der Waals surface area (Å²) < 4.78 is 10.8. The molecule has 12 heteroatoms. The Morgan fingerprint density at radius 1 is 0.953 bits per heavy atom. The predicted molar refractivity (Wildman–Crippen MR) is 164 cm³/mol. The average molecular weight is 590 g/mol. The van der Waals surface area contributed by atoms with E-state index in [1.54, 1.807) is 87.9 Å². The normalized spacial score (nSPS) is 14.3. The number of amides is 4. The van der Waals surface area contributed by atoms with Gasteiger partial charge in [-0.25, -0.2) is 9.59 Å². The van der Waals surface area contributed by atoms with Crippen LogP contribution in [0.15, 0.2) is 67.1 Å². The monoisotopic (exact) mass is 589 g/mol. The van der Waals surface area contributed by atoms with Gasteiger partial charge in [0.15, 0.2) is 0 Å². The van der Waals surface area contributed by atoms with E-state index in [1.807, 2.05) is 0 Å². The van der Waals surface area contributed by atoms with Crippen molar-refractivity contribution in [3.63, 3.8) is 0 Å². The molecule has 0 saturated carbocycles. The van der Waals surface area contributed by atoms with Crippen LogP contribution in [0.3, 0.4) is 0 Å². The molecule has 1 fully saturated rings. The quantitative estimate of drug-likeness (QED) is 0.257. The Bertz CT molecular complexity index is 1360. The minimum atomic E-state index is -0.664. The van der Waals surface area contributed by atoms with Crippen molar-refractivity contribution in [1.29, 1.82) is 0 Å². The van der Waals surface area contributed by atoms with Gasteiger partial charge in [0.1, 0.15) is 11.3 Å². The third kappa shape index (κ3) is 10.3. The number of pyridine rings is 2. The van der Waals surface area contributed by atoms with Crippen LogP contribution in [0.25, 0.3) is 0 Å². The van der Waals surface area contributed by atoms with Crippen LogP contribution in [-0.4, -0.2) is 71.3 Å². The number of urea groups is 1. The molecule has 4 amide bonds. The van der Waals surface area contributed by atoms with Gasteiger partial charge < -0.3 is 25.4 Å². The highest BCUT2D eigenvalue weighted by Gasteiger charge is 2.20. The van der Waals surface area contributed by atoms with E-state index in [-0.39, 0.29) is 17.8 Å². The van der Waals surface area contributed by atoms with Crippen LogP contribution < -0.4 is 21.3 Å². The highest BCUT2D eigenvalue weighted by atomic mass is 16.6. The van der Waals surface area contributed by atoms with Crippen molar-refractivity contribution < 1.29 is 23.9 Å². The van der Waals surface area contributed by atoms with Gasteiger partial charge in [0.25, 0.3) is 5.91 Å². The number of ether oxygens (including phenoxy) is 2. The van der Waals surface area contributed by atoms with E-state index in [9.17, 15) is 14.4 Å². The maximum absolute atomic E-state index is 13.1. The summed E-state index contributed by atoms with van der Waals surface area (Å²) in [7, 11) is 0. The molecule has 1 aliphatic heterocycles. The molecule has 2 aromatic heterocycles. The Hall–Kier alpha value is -4.55. The molecule has 0 radical (unpaired) electrons. The average Bonchev–Trinajstić information content (AvgIpc) is 2.98. The summed E-state index contributed by atoms with van der Waals surface area (Å²) >= 11 is 0. The second kappa shape index (κ2) is 15.1. The number of benzene rings is 1. The second-order valence-electron chi connectivity index (χ2n) is 11.1. The molecule has 3 aromatic rings. The van der Waals surface area contributed by atoms with Crippen molar-refractivity contribution in [1.82, 2.24) is 20.2 Å². The zero-order chi connectivity index (χ0) is 30.7. The summed E-state index contributed by atoms with van der Waals surface area (Å²) in [6, 6.07) is 13.0. The van der Waals surface area contributed by atoms with E-state index in [0.29, 0.717) is 23.5 Å². The predicted octanol–water partition coefficient (Wildman–Crippen LogP) is 5.05. The van der Waals surface area contributed by atoms with Gasteiger partial charge in [-0.15, -0.1) is 0 Å². The van der Waals surface area contributed by atoms with Gasteiger partial charge >= 0.3 is 12.1 Å². The zero-order valence-corrected chi connectivity index (χ0v) is 24.8. The van der Waals surface area contributed by atoms with Gasteiger partial charge in [-0.1, -0.05) is 18.2 Å². The van der Waals surface area contributed by atoms with E-state index in [1.165, 1.54) is 0 Å². The SMILES string of the molecule is CC(C)(C)OC(=O)Nc1ccccc1NC(=O)c1ccc(C(CCCN2CCOCC2)NC(=O)Nc2ccncc2)cn1. The molecule has 3 heterocycles. The summed E-state index contributed by atoms with van der Waals surface area (Å²) in [5.74, 6) is -0.447. The molecule has 1 aromatic carbocycles. The molecular weight excluding hydrogens is 550 g/mol. The van der Waals surface area contributed by atoms with E-state index in [4.69, 9.17) is 9.47 Å². The first kappa shape index (κ1) is 31.4. The number of nitrogens with one attached hydrogen (secondary N) is 4. The first-order valence-corrected chi connectivity index (χ1v) is 14.3. The Morgan fingerprint density at radius 2 is 1.65 bits per heavy atom. The number of para-hydroxylation sites is 2. The fourth-order valence-electron chi connectivity index (χ4n) is 4.47. The number of hydrogen-bond donors (Lipinski definition) is 4. The molecule has 1 aliphatic rings. The van der Waals surface area contributed by atoms with Crippen LogP contribution in [0, 0.1) is 0 Å². The summed E-state index contributed by atoms with van der Waals surface area (Å²) in [6.45, 7) is 9.44. The van der Waals surface area contributed by atoms with Crippen LogP contribution in [-0.2, 0) is 9.47 Å². The van der Waals surface area contributed by atoms with E-state index in [0.717, 1.165) is 44.8 Å². The fraction of sp³-hybridized carbons (Fsp3) is 0.387. The van der Waals surface area contributed by atoms with E-state index in [2.05, 4.69) is 36.1 Å². The third-order valence-corrected chi connectivity index (χ3v) is 6.55. The number of hydrogen-bond acceptors (Lipinski definition) is 8. The second-order valence-corrected chi connectivity index (χ2v) is 11.1. The molecular formula is C31H39N7O5. The lowest BCUT2D eigenvalue weighted by atomic mass is 10.0. The first-order valence-electron chi connectivity index (χ1n) is 14.3. The lowest BCUT2D eigenvalue weighted by Gasteiger charge is -2.27. The number of rotatable bonds is 10. The Morgan fingerprint density at radius 3 is 2.30 bits per heavy atom.